The monoisotopic (exact) mass is 348 g/mol. The second-order valence-electron chi connectivity index (χ2n) is 7.43. The molecule has 4 rings (SSSR count). The zero-order valence-electron chi connectivity index (χ0n) is 15.7. The van der Waals surface area contributed by atoms with Gasteiger partial charge in [0.05, 0.1) is 11.4 Å². The Morgan fingerprint density at radius 1 is 1.27 bits per heavy atom. The number of fused-ring (bicyclic) bond motifs is 3. The van der Waals surface area contributed by atoms with Gasteiger partial charge in [0.15, 0.2) is 0 Å². The summed E-state index contributed by atoms with van der Waals surface area (Å²) < 4.78 is 0. The van der Waals surface area contributed by atoms with Gasteiger partial charge in [-0.05, 0) is 68.0 Å². The van der Waals surface area contributed by atoms with Crippen LogP contribution in [0.1, 0.15) is 24.1 Å². The third-order valence-corrected chi connectivity index (χ3v) is 5.88. The highest BCUT2D eigenvalue weighted by Crippen LogP contribution is 2.38. The molecule has 0 radical (unpaired) electrons. The Morgan fingerprint density at radius 3 is 2.96 bits per heavy atom. The van der Waals surface area contributed by atoms with Crippen LogP contribution in [0.15, 0.2) is 42.6 Å². The number of benzene rings is 1. The summed E-state index contributed by atoms with van der Waals surface area (Å²) in [5, 5.41) is 3.24. The quantitative estimate of drug-likeness (QED) is 0.830. The number of rotatable bonds is 3. The van der Waals surface area contributed by atoms with Gasteiger partial charge in [-0.1, -0.05) is 18.2 Å². The topological polar surface area (TPSA) is 54.2 Å². The van der Waals surface area contributed by atoms with Gasteiger partial charge < -0.3 is 16.0 Å². The van der Waals surface area contributed by atoms with Crippen LogP contribution < -0.4 is 16.0 Å². The van der Waals surface area contributed by atoms with Crippen molar-refractivity contribution in [1.29, 1.82) is 0 Å². The summed E-state index contributed by atoms with van der Waals surface area (Å²) in [6.07, 6.45) is 9.83. The molecule has 2 unspecified atom stereocenters. The van der Waals surface area contributed by atoms with Crippen LogP contribution in [-0.2, 0) is 6.42 Å². The number of hydrogen-bond acceptors (Lipinski definition) is 4. The van der Waals surface area contributed by atoms with Gasteiger partial charge in [-0.15, -0.1) is 0 Å². The van der Waals surface area contributed by atoms with Crippen LogP contribution >= 0.6 is 0 Å². The van der Waals surface area contributed by atoms with E-state index < -0.39 is 0 Å². The third-order valence-electron chi connectivity index (χ3n) is 5.88. The maximum Gasteiger partial charge on any atom is 0.0641 e. The summed E-state index contributed by atoms with van der Waals surface area (Å²) in [5.41, 5.74) is 13.5. The van der Waals surface area contributed by atoms with Crippen LogP contribution in [0.3, 0.4) is 0 Å². The van der Waals surface area contributed by atoms with Crippen molar-refractivity contribution in [2.75, 3.05) is 30.4 Å². The number of nitrogens with zero attached hydrogens (tertiary/aromatic N) is 2. The van der Waals surface area contributed by atoms with Gasteiger partial charge in [-0.2, -0.15) is 0 Å². The van der Waals surface area contributed by atoms with E-state index >= 15 is 0 Å². The summed E-state index contributed by atoms with van der Waals surface area (Å²) in [4.78, 5) is 7.43. The van der Waals surface area contributed by atoms with Crippen LogP contribution in [-0.4, -0.2) is 31.2 Å². The Hall–Kier alpha value is -2.33. The van der Waals surface area contributed by atoms with E-state index in [1.807, 2.05) is 13.2 Å². The first-order valence-corrected chi connectivity index (χ1v) is 9.60. The maximum absolute atomic E-state index is 6.11. The molecule has 2 aromatic rings. The lowest BCUT2D eigenvalue weighted by Crippen LogP contribution is -2.47. The van der Waals surface area contributed by atoms with E-state index in [0.717, 1.165) is 38.0 Å². The number of aromatic nitrogens is 1. The molecule has 2 aliphatic heterocycles. The number of pyridine rings is 1. The molecule has 2 aliphatic rings. The van der Waals surface area contributed by atoms with Gasteiger partial charge in [0.1, 0.15) is 0 Å². The second kappa shape index (κ2) is 7.12. The molecule has 1 aromatic heterocycles. The predicted molar refractivity (Wildman–Crippen MR) is 110 cm³/mol. The molecular formula is C22H28N4. The Morgan fingerprint density at radius 2 is 2.15 bits per heavy atom. The molecule has 4 heteroatoms. The maximum atomic E-state index is 6.11. The average molecular weight is 348 g/mol. The van der Waals surface area contributed by atoms with Crippen molar-refractivity contribution in [3.05, 3.63) is 53.9 Å². The Kier molecular flexibility index (Phi) is 4.68. The normalized spacial score (nSPS) is 21.7. The Labute approximate surface area is 156 Å². The number of aryl methyl sites for hydroxylation is 1. The molecule has 4 nitrogen and oxygen atoms in total. The van der Waals surface area contributed by atoms with Crippen LogP contribution in [0.2, 0.25) is 0 Å². The standard InChI is InChI=1S/C22H28N4/c1-15-7-8-18(24-2)12-19(15)17-11-22-20(25-14-17)10-16(13-23)21-6-4-3-5-9-26(21)22/h3-4,7-8,11-12,14,16,21,24H,5-6,9-10,13,23H2,1-2H3. The molecule has 0 fully saturated rings. The minimum Gasteiger partial charge on any atom is -0.388 e. The lowest BCUT2D eigenvalue weighted by Gasteiger charge is -2.42. The highest BCUT2D eigenvalue weighted by atomic mass is 15.2. The first kappa shape index (κ1) is 17.1. The molecule has 0 amide bonds. The molecule has 2 atom stereocenters. The fourth-order valence-corrected chi connectivity index (χ4v) is 4.35. The van der Waals surface area contributed by atoms with Gasteiger partial charge in [0, 0.05) is 37.1 Å². The van der Waals surface area contributed by atoms with E-state index in [0.29, 0.717) is 12.0 Å². The second-order valence-corrected chi connectivity index (χ2v) is 7.43. The van der Waals surface area contributed by atoms with Crippen LogP contribution in [0.4, 0.5) is 11.4 Å². The van der Waals surface area contributed by atoms with E-state index in [2.05, 4.69) is 53.6 Å². The summed E-state index contributed by atoms with van der Waals surface area (Å²) in [6.45, 7) is 3.93. The summed E-state index contributed by atoms with van der Waals surface area (Å²) >= 11 is 0. The molecule has 3 heterocycles. The highest BCUT2D eigenvalue weighted by Gasteiger charge is 2.34. The number of nitrogens with one attached hydrogen (secondary N) is 1. The van der Waals surface area contributed by atoms with E-state index in [4.69, 9.17) is 10.7 Å². The summed E-state index contributed by atoms with van der Waals surface area (Å²) in [5.74, 6) is 0.484. The number of nitrogens with two attached hydrogens (primary N) is 1. The van der Waals surface area contributed by atoms with E-state index in [-0.39, 0.29) is 0 Å². The molecule has 26 heavy (non-hydrogen) atoms. The molecule has 0 spiro atoms. The molecule has 0 bridgehead atoms. The zero-order valence-corrected chi connectivity index (χ0v) is 15.7. The van der Waals surface area contributed by atoms with Gasteiger partial charge in [-0.25, -0.2) is 0 Å². The summed E-state index contributed by atoms with van der Waals surface area (Å²) in [6, 6.07) is 9.34. The van der Waals surface area contributed by atoms with E-state index in [1.54, 1.807) is 0 Å². The van der Waals surface area contributed by atoms with Crippen molar-refractivity contribution < 1.29 is 0 Å². The molecule has 0 saturated heterocycles. The van der Waals surface area contributed by atoms with Crippen molar-refractivity contribution in [2.24, 2.45) is 11.7 Å². The molecule has 136 valence electrons. The van der Waals surface area contributed by atoms with Gasteiger partial charge in [-0.3, -0.25) is 4.98 Å². The predicted octanol–water partition coefficient (Wildman–Crippen LogP) is 3.75. The van der Waals surface area contributed by atoms with Crippen molar-refractivity contribution in [3.63, 3.8) is 0 Å². The molecule has 1 aromatic carbocycles. The van der Waals surface area contributed by atoms with Crippen LogP contribution in [0, 0.1) is 12.8 Å². The lowest BCUT2D eigenvalue weighted by atomic mass is 9.85. The van der Waals surface area contributed by atoms with Crippen LogP contribution in [0.5, 0.6) is 0 Å². The van der Waals surface area contributed by atoms with E-state index in [1.165, 1.54) is 28.1 Å². The highest BCUT2D eigenvalue weighted by molar-refractivity contribution is 5.75. The first-order valence-electron chi connectivity index (χ1n) is 9.60. The van der Waals surface area contributed by atoms with Crippen molar-refractivity contribution in [1.82, 2.24) is 4.98 Å². The lowest BCUT2D eigenvalue weighted by molar-refractivity contribution is 0.383. The Balaban J connectivity index is 1.78. The van der Waals surface area contributed by atoms with E-state index in [9.17, 15) is 0 Å². The van der Waals surface area contributed by atoms with Crippen molar-refractivity contribution >= 4 is 11.4 Å². The molecule has 0 aliphatic carbocycles. The molecular weight excluding hydrogens is 320 g/mol. The minimum atomic E-state index is 0.484. The largest absolute Gasteiger partial charge is 0.388 e. The summed E-state index contributed by atoms with van der Waals surface area (Å²) in [7, 11) is 1.96. The van der Waals surface area contributed by atoms with Gasteiger partial charge in [0.25, 0.3) is 0 Å². The average Bonchev–Trinajstić information content (AvgIpc) is 2.94. The third kappa shape index (κ3) is 2.99. The fraction of sp³-hybridized carbons (Fsp3) is 0.409. The fourth-order valence-electron chi connectivity index (χ4n) is 4.35. The molecule has 3 N–H and O–H groups in total. The SMILES string of the molecule is CNc1ccc(C)c(-c2cnc3c(c2)N2CCC=CCC2C(CN)C3)c1. The van der Waals surface area contributed by atoms with Gasteiger partial charge >= 0.3 is 0 Å². The van der Waals surface area contributed by atoms with Crippen molar-refractivity contribution in [3.8, 4) is 11.1 Å². The molecule has 0 saturated carbocycles. The van der Waals surface area contributed by atoms with Gasteiger partial charge in [0.2, 0.25) is 0 Å². The minimum absolute atomic E-state index is 0.484. The number of hydrogen-bond donors (Lipinski definition) is 2. The zero-order chi connectivity index (χ0) is 18.1. The number of anilines is 2. The van der Waals surface area contributed by atoms with Crippen LogP contribution in [0.25, 0.3) is 11.1 Å². The first-order chi connectivity index (χ1) is 12.7. The van der Waals surface area contributed by atoms with Crippen molar-refractivity contribution in [2.45, 2.75) is 32.2 Å². The smallest absolute Gasteiger partial charge is 0.0641 e. The Bertz CT molecular complexity index is 827.